The van der Waals surface area contributed by atoms with Crippen molar-refractivity contribution in [3.05, 3.63) is 78.0 Å². The predicted molar refractivity (Wildman–Crippen MR) is 130 cm³/mol. The predicted octanol–water partition coefficient (Wildman–Crippen LogP) is 4.41. The molecule has 2 aromatic carbocycles. The van der Waals surface area contributed by atoms with Gasteiger partial charge in [0, 0.05) is 6.54 Å². The monoisotopic (exact) mass is 477 g/mol. The van der Waals surface area contributed by atoms with Crippen LogP contribution in [0.4, 0.5) is 10.1 Å². The number of para-hydroxylation sites is 2. The number of amides is 2. The number of benzene rings is 2. The highest BCUT2D eigenvalue weighted by molar-refractivity contribution is 6.01. The molecular formula is C26H28FN5O3. The number of halogens is 1. The van der Waals surface area contributed by atoms with E-state index in [2.05, 4.69) is 29.5 Å². The van der Waals surface area contributed by atoms with Gasteiger partial charge in [0.15, 0.2) is 6.04 Å². The molecule has 1 N–H and O–H groups in total. The Hall–Kier alpha value is -4.01. The van der Waals surface area contributed by atoms with Crippen molar-refractivity contribution in [1.82, 2.24) is 20.3 Å². The SMILES string of the molecule is Cc1ccc([C@@H](C(=O)NCCC(C)C)N(C(=O)Cn2nnc3ccccc32)c2ccccc2F)o1. The summed E-state index contributed by atoms with van der Waals surface area (Å²) >= 11 is 0. The van der Waals surface area contributed by atoms with Gasteiger partial charge in [-0.15, -0.1) is 5.10 Å². The van der Waals surface area contributed by atoms with Gasteiger partial charge in [-0.25, -0.2) is 9.07 Å². The number of furan rings is 1. The molecule has 4 aromatic rings. The van der Waals surface area contributed by atoms with E-state index >= 15 is 4.39 Å². The zero-order valence-corrected chi connectivity index (χ0v) is 19.9. The van der Waals surface area contributed by atoms with Crippen LogP contribution in [0.5, 0.6) is 0 Å². The largest absolute Gasteiger partial charge is 0.464 e. The Balaban J connectivity index is 1.75. The molecule has 0 aliphatic rings. The summed E-state index contributed by atoms with van der Waals surface area (Å²) in [6, 6.07) is 15.2. The zero-order valence-electron chi connectivity index (χ0n) is 19.9. The first kappa shape index (κ1) is 24.1. The summed E-state index contributed by atoms with van der Waals surface area (Å²) < 4.78 is 22.3. The van der Waals surface area contributed by atoms with Gasteiger partial charge in [-0.3, -0.25) is 14.5 Å². The first-order chi connectivity index (χ1) is 16.8. The summed E-state index contributed by atoms with van der Waals surface area (Å²) in [7, 11) is 0. The van der Waals surface area contributed by atoms with Gasteiger partial charge in [0.05, 0.1) is 11.2 Å². The first-order valence-electron chi connectivity index (χ1n) is 11.5. The fourth-order valence-electron chi connectivity index (χ4n) is 3.86. The van der Waals surface area contributed by atoms with Crippen molar-refractivity contribution in [2.75, 3.05) is 11.4 Å². The van der Waals surface area contributed by atoms with Crippen LogP contribution in [0.25, 0.3) is 11.0 Å². The number of hydrogen-bond donors (Lipinski definition) is 1. The lowest BCUT2D eigenvalue weighted by molar-refractivity contribution is -0.127. The lowest BCUT2D eigenvalue weighted by atomic mass is 10.1. The Labute approximate surface area is 202 Å². The third-order valence-electron chi connectivity index (χ3n) is 5.64. The second-order valence-electron chi connectivity index (χ2n) is 8.78. The van der Waals surface area contributed by atoms with Gasteiger partial charge < -0.3 is 9.73 Å². The smallest absolute Gasteiger partial charge is 0.251 e. The Morgan fingerprint density at radius 3 is 2.54 bits per heavy atom. The van der Waals surface area contributed by atoms with Crippen molar-refractivity contribution < 1.29 is 18.4 Å². The van der Waals surface area contributed by atoms with Crippen LogP contribution in [0.1, 0.15) is 37.8 Å². The fraction of sp³-hybridized carbons (Fsp3) is 0.308. The highest BCUT2D eigenvalue weighted by Gasteiger charge is 2.36. The summed E-state index contributed by atoms with van der Waals surface area (Å²) in [5.74, 6) is -0.436. The molecular weight excluding hydrogens is 449 g/mol. The molecule has 1 atom stereocenters. The minimum atomic E-state index is -1.21. The molecule has 2 aromatic heterocycles. The van der Waals surface area contributed by atoms with Gasteiger partial charge in [-0.05, 0) is 55.7 Å². The number of aryl methyl sites for hydroxylation is 1. The summed E-state index contributed by atoms with van der Waals surface area (Å²) in [5, 5.41) is 11.1. The van der Waals surface area contributed by atoms with E-state index < -0.39 is 23.7 Å². The molecule has 8 nitrogen and oxygen atoms in total. The van der Waals surface area contributed by atoms with Crippen LogP contribution in [0, 0.1) is 18.7 Å². The Morgan fingerprint density at radius 2 is 1.83 bits per heavy atom. The summed E-state index contributed by atoms with van der Waals surface area (Å²) in [4.78, 5) is 28.4. The molecule has 9 heteroatoms. The number of nitrogens with zero attached hydrogens (tertiary/aromatic N) is 4. The van der Waals surface area contributed by atoms with E-state index in [9.17, 15) is 9.59 Å². The molecule has 0 unspecified atom stereocenters. The highest BCUT2D eigenvalue weighted by Crippen LogP contribution is 2.31. The number of nitrogens with one attached hydrogen (secondary N) is 1. The third kappa shape index (κ3) is 5.40. The van der Waals surface area contributed by atoms with Gasteiger partial charge in [-0.1, -0.05) is 43.3 Å². The molecule has 4 rings (SSSR count). The van der Waals surface area contributed by atoms with E-state index in [0.29, 0.717) is 29.3 Å². The molecule has 0 radical (unpaired) electrons. The van der Waals surface area contributed by atoms with Crippen molar-refractivity contribution in [3.8, 4) is 0 Å². The third-order valence-corrected chi connectivity index (χ3v) is 5.64. The van der Waals surface area contributed by atoms with E-state index in [1.54, 1.807) is 37.3 Å². The molecule has 35 heavy (non-hydrogen) atoms. The topological polar surface area (TPSA) is 93.3 Å². The van der Waals surface area contributed by atoms with E-state index in [1.807, 2.05) is 12.1 Å². The van der Waals surface area contributed by atoms with E-state index in [1.165, 1.54) is 22.9 Å². The number of anilines is 1. The average molecular weight is 478 g/mol. The van der Waals surface area contributed by atoms with Crippen molar-refractivity contribution in [2.45, 2.75) is 39.8 Å². The standard InChI is InChI=1S/C26H28FN5O3/c1-17(2)14-15-28-26(34)25(23-13-12-18(3)35-23)32(21-10-6-4-8-19(21)27)24(33)16-31-22-11-7-5-9-20(22)29-30-31/h4-13,17,25H,14-16H2,1-3H3,(H,28,34)/t25-/m0/s1. The van der Waals surface area contributed by atoms with Gasteiger partial charge in [0.25, 0.3) is 5.91 Å². The van der Waals surface area contributed by atoms with Crippen LogP contribution in [0.3, 0.4) is 0 Å². The molecule has 0 saturated heterocycles. The van der Waals surface area contributed by atoms with Gasteiger partial charge in [0.1, 0.15) is 29.4 Å². The number of aromatic nitrogens is 3. The molecule has 0 aliphatic heterocycles. The molecule has 2 heterocycles. The molecule has 0 bridgehead atoms. The van der Waals surface area contributed by atoms with E-state index in [0.717, 1.165) is 11.3 Å². The number of fused-ring (bicyclic) bond motifs is 1. The lowest BCUT2D eigenvalue weighted by Gasteiger charge is -2.30. The molecule has 0 saturated carbocycles. The molecule has 0 aliphatic carbocycles. The molecule has 0 fully saturated rings. The maximum atomic E-state index is 15.0. The van der Waals surface area contributed by atoms with Crippen LogP contribution in [-0.4, -0.2) is 33.4 Å². The highest BCUT2D eigenvalue weighted by atomic mass is 19.1. The maximum absolute atomic E-state index is 15.0. The van der Waals surface area contributed by atoms with Crippen LogP contribution in [0.15, 0.2) is 65.1 Å². The van der Waals surface area contributed by atoms with Crippen LogP contribution in [0.2, 0.25) is 0 Å². The zero-order chi connectivity index (χ0) is 24.9. The number of rotatable bonds is 9. The normalized spacial score (nSPS) is 12.1. The lowest BCUT2D eigenvalue weighted by Crippen LogP contribution is -2.45. The van der Waals surface area contributed by atoms with Crippen LogP contribution < -0.4 is 10.2 Å². The molecule has 0 spiro atoms. The van der Waals surface area contributed by atoms with Gasteiger partial charge in [-0.2, -0.15) is 0 Å². The fourth-order valence-corrected chi connectivity index (χ4v) is 3.86. The molecule has 2 amide bonds. The van der Waals surface area contributed by atoms with Crippen LogP contribution >= 0.6 is 0 Å². The van der Waals surface area contributed by atoms with Crippen molar-refractivity contribution >= 4 is 28.5 Å². The van der Waals surface area contributed by atoms with Crippen molar-refractivity contribution in [1.29, 1.82) is 0 Å². The summed E-state index contributed by atoms with van der Waals surface area (Å²) in [6.07, 6.45) is 0.758. The summed E-state index contributed by atoms with van der Waals surface area (Å²) in [5.41, 5.74) is 1.25. The first-order valence-corrected chi connectivity index (χ1v) is 11.5. The summed E-state index contributed by atoms with van der Waals surface area (Å²) in [6.45, 7) is 6.02. The van der Waals surface area contributed by atoms with E-state index in [4.69, 9.17) is 4.42 Å². The van der Waals surface area contributed by atoms with Crippen LogP contribution in [-0.2, 0) is 16.1 Å². The quantitative estimate of drug-likeness (QED) is 0.386. The van der Waals surface area contributed by atoms with E-state index in [-0.39, 0.29) is 18.0 Å². The molecule has 182 valence electrons. The Kier molecular flexibility index (Phi) is 7.24. The number of carbonyl (C=O) groups is 2. The van der Waals surface area contributed by atoms with Crippen molar-refractivity contribution in [3.63, 3.8) is 0 Å². The Morgan fingerprint density at radius 1 is 1.09 bits per heavy atom. The van der Waals surface area contributed by atoms with Gasteiger partial charge >= 0.3 is 0 Å². The van der Waals surface area contributed by atoms with Crippen molar-refractivity contribution in [2.24, 2.45) is 5.92 Å². The average Bonchev–Trinajstić information content (AvgIpc) is 3.44. The maximum Gasteiger partial charge on any atom is 0.251 e. The minimum absolute atomic E-state index is 0.0278. The number of hydrogen-bond acceptors (Lipinski definition) is 5. The number of carbonyl (C=O) groups excluding carboxylic acids is 2. The minimum Gasteiger partial charge on any atom is -0.464 e. The van der Waals surface area contributed by atoms with Gasteiger partial charge in [0.2, 0.25) is 5.91 Å². The Bertz CT molecular complexity index is 1330. The second kappa shape index (κ2) is 10.5. The second-order valence-corrected chi connectivity index (χ2v) is 8.78.